The van der Waals surface area contributed by atoms with Crippen molar-refractivity contribution in [2.24, 2.45) is 0 Å². The van der Waals surface area contributed by atoms with E-state index in [1.165, 1.54) is 7.11 Å². The van der Waals surface area contributed by atoms with Crippen molar-refractivity contribution in [2.45, 2.75) is 12.5 Å². The molecule has 0 aliphatic rings. The molecular weight excluding hydrogens is 366 g/mol. The number of carbonyl (C=O) groups is 2. The molecule has 0 bridgehead atoms. The number of amides is 2. The van der Waals surface area contributed by atoms with E-state index in [1.54, 1.807) is 31.2 Å². The minimum Gasteiger partial charge on any atom is -0.372 e. The first-order chi connectivity index (χ1) is 12.2. The summed E-state index contributed by atoms with van der Waals surface area (Å²) in [7, 11) is 1.47. The molecule has 0 aliphatic carbocycles. The summed E-state index contributed by atoms with van der Waals surface area (Å²) in [4.78, 5) is 23.9. The van der Waals surface area contributed by atoms with Gasteiger partial charge in [0.1, 0.15) is 5.60 Å². The predicted molar refractivity (Wildman–Crippen MR) is 93.8 cm³/mol. The van der Waals surface area contributed by atoms with Crippen molar-refractivity contribution in [3.63, 3.8) is 0 Å². The number of anilines is 1. The van der Waals surface area contributed by atoms with E-state index in [0.29, 0.717) is 10.6 Å². The van der Waals surface area contributed by atoms with Crippen molar-refractivity contribution in [3.8, 4) is 0 Å². The van der Waals surface area contributed by atoms with Crippen LogP contribution in [0.25, 0.3) is 0 Å². The van der Waals surface area contributed by atoms with E-state index in [4.69, 9.17) is 16.3 Å². The molecule has 0 spiro atoms. The van der Waals surface area contributed by atoms with Gasteiger partial charge in [-0.1, -0.05) is 23.7 Å². The van der Waals surface area contributed by atoms with Gasteiger partial charge in [-0.3, -0.25) is 9.59 Å². The first-order valence-electron chi connectivity index (χ1n) is 7.60. The largest absolute Gasteiger partial charge is 0.372 e. The van der Waals surface area contributed by atoms with Crippen molar-refractivity contribution >= 4 is 29.1 Å². The van der Waals surface area contributed by atoms with Crippen molar-refractivity contribution in [2.75, 3.05) is 19.0 Å². The number of rotatable bonds is 5. The summed E-state index contributed by atoms with van der Waals surface area (Å²) in [6.45, 7) is 1.72. The van der Waals surface area contributed by atoms with Crippen molar-refractivity contribution in [1.82, 2.24) is 5.32 Å². The van der Waals surface area contributed by atoms with Gasteiger partial charge in [-0.05, 0) is 36.8 Å². The van der Waals surface area contributed by atoms with Gasteiger partial charge < -0.3 is 15.4 Å². The van der Waals surface area contributed by atoms with Crippen molar-refractivity contribution in [1.29, 1.82) is 0 Å². The Morgan fingerprint density at radius 2 is 1.85 bits per heavy atom. The number of methoxy groups -OCH3 is 1. The maximum absolute atomic E-state index is 13.1. The molecule has 0 aromatic heterocycles. The highest BCUT2D eigenvalue weighted by Gasteiger charge is 2.28. The lowest BCUT2D eigenvalue weighted by Crippen LogP contribution is -2.44. The summed E-state index contributed by atoms with van der Waals surface area (Å²) in [6, 6.07) is 9.70. The minimum atomic E-state index is -1.13. The number of benzene rings is 2. The molecule has 8 heteroatoms. The van der Waals surface area contributed by atoms with Crippen LogP contribution in [0.4, 0.5) is 14.5 Å². The second kappa shape index (κ2) is 8.25. The molecule has 2 amide bonds. The van der Waals surface area contributed by atoms with Crippen LogP contribution in [-0.4, -0.2) is 25.5 Å². The second-order valence-corrected chi connectivity index (χ2v) is 6.15. The Bertz CT molecular complexity index is 832. The molecule has 0 saturated heterocycles. The summed E-state index contributed by atoms with van der Waals surface area (Å²) >= 11 is 5.97. The summed E-state index contributed by atoms with van der Waals surface area (Å²) in [5.41, 5.74) is -0.231. The summed E-state index contributed by atoms with van der Waals surface area (Å²) in [5, 5.41) is 5.15. The van der Waals surface area contributed by atoms with Gasteiger partial charge in [-0.25, -0.2) is 8.78 Å². The summed E-state index contributed by atoms with van der Waals surface area (Å²) < 4.78 is 31.5. The van der Waals surface area contributed by atoms with Crippen LogP contribution in [0.15, 0.2) is 42.5 Å². The van der Waals surface area contributed by atoms with Gasteiger partial charge in [0.05, 0.1) is 6.54 Å². The average molecular weight is 383 g/mol. The Hall–Kier alpha value is -2.51. The molecule has 0 heterocycles. The van der Waals surface area contributed by atoms with E-state index in [9.17, 15) is 18.4 Å². The number of halogens is 3. The molecule has 2 N–H and O–H groups in total. The first kappa shape index (κ1) is 19.8. The summed E-state index contributed by atoms with van der Waals surface area (Å²) in [5.74, 6) is -4.14. The Balaban J connectivity index is 2.01. The zero-order valence-corrected chi connectivity index (χ0v) is 14.9. The van der Waals surface area contributed by atoms with Gasteiger partial charge in [0, 0.05) is 23.9 Å². The third-order valence-corrected chi connectivity index (χ3v) is 4.09. The molecule has 5 nitrogen and oxygen atoms in total. The first-order valence-corrected chi connectivity index (χ1v) is 7.98. The SMILES string of the molecule is COC(C)(CNC(=O)C(=O)Nc1ccc(F)c(F)c1)c1cccc(Cl)c1. The number of nitrogens with one attached hydrogen (secondary N) is 2. The zero-order chi connectivity index (χ0) is 19.3. The molecule has 0 aliphatic heterocycles. The van der Waals surface area contributed by atoms with E-state index < -0.39 is 29.0 Å². The maximum Gasteiger partial charge on any atom is 0.313 e. The van der Waals surface area contributed by atoms with E-state index >= 15 is 0 Å². The van der Waals surface area contributed by atoms with Crippen molar-refractivity contribution < 1.29 is 23.1 Å². The smallest absolute Gasteiger partial charge is 0.313 e. The molecule has 0 saturated carbocycles. The quantitative estimate of drug-likeness (QED) is 0.780. The maximum atomic E-state index is 13.1. The second-order valence-electron chi connectivity index (χ2n) is 5.71. The standard InChI is InChI=1S/C18H17ClF2N2O3/c1-18(26-2,11-4-3-5-12(19)8-11)10-22-16(24)17(25)23-13-6-7-14(20)15(21)9-13/h3-9H,10H2,1-2H3,(H,22,24)(H,23,25). The van der Waals surface area contributed by atoms with Crippen LogP contribution >= 0.6 is 11.6 Å². The average Bonchev–Trinajstić information content (AvgIpc) is 2.62. The van der Waals surface area contributed by atoms with Crippen LogP contribution in [0, 0.1) is 11.6 Å². The van der Waals surface area contributed by atoms with Gasteiger partial charge in [-0.2, -0.15) is 0 Å². The molecule has 2 aromatic rings. The molecule has 138 valence electrons. The van der Waals surface area contributed by atoms with E-state index in [1.807, 2.05) is 0 Å². The monoisotopic (exact) mass is 382 g/mol. The fourth-order valence-electron chi connectivity index (χ4n) is 2.20. The lowest BCUT2D eigenvalue weighted by atomic mass is 9.95. The fourth-order valence-corrected chi connectivity index (χ4v) is 2.39. The van der Waals surface area contributed by atoms with Gasteiger partial charge >= 0.3 is 11.8 Å². The van der Waals surface area contributed by atoms with Crippen LogP contribution < -0.4 is 10.6 Å². The van der Waals surface area contributed by atoms with Crippen molar-refractivity contribution in [3.05, 3.63) is 64.7 Å². The molecule has 26 heavy (non-hydrogen) atoms. The molecular formula is C18H17ClF2N2O3. The Morgan fingerprint density at radius 1 is 1.12 bits per heavy atom. The van der Waals surface area contributed by atoms with Crippen LogP contribution in [0.5, 0.6) is 0 Å². The Labute approximate surface area is 154 Å². The third-order valence-electron chi connectivity index (χ3n) is 3.86. The van der Waals surface area contributed by atoms with Gasteiger partial charge in [0.2, 0.25) is 0 Å². The lowest BCUT2D eigenvalue weighted by Gasteiger charge is -2.29. The number of ether oxygens (including phenoxy) is 1. The fraction of sp³-hybridized carbons (Fsp3) is 0.222. The molecule has 2 rings (SSSR count). The lowest BCUT2D eigenvalue weighted by molar-refractivity contribution is -0.137. The van der Waals surface area contributed by atoms with Gasteiger partial charge in [0.15, 0.2) is 11.6 Å². The van der Waals surface area contributed by atoms with Crippen LogP contribution in [0.1, 0.15) is 12.5 Å². The van der Waals surface area contributed by atoms with Crippen LogP contribution in [0.3, 0.4) is 0 Å². The van der Waals surface area contributed by atoms with Crippen LogP contribution in [0.2, 0.25) is 5.02 Å². The minimum absolute atomic E-state index is 0.00608. The molecule has 1 atom stereocenters. The Kier molecular flexibility index (Phi) is 6.28. The highest BCUT2D eigenvalue weighted by Crippen LogP contribution is 2.26. The highest BCUT2D eigenvalue weighted by molar-refractivity contribution is 6.39. The topological polar surface area (TPSA) is 67.4 Å². The zero-order valence-electron chi connectivity index (χ0n) is 14.1. The van der Waals surface area contributed by atoms with Crippen LogP contribution in [-0.2, 0) is 19.9 Å². The molecule has 0 fully saturated rings. The van der Waals surface area contributed by atoms with E-state index in [2.05, 4.69) is 10.6 Å². The molecule has 2 aromatic carbocycles. The van der Waals surface area contributed by atoms with E-state index in [0.717, 1.165) is 18.2 Å². The number of carbonyl (C=O) groups excluding carboxylic acids is 2. The molecule has 1 unspecified atom stereocenters. The summed E-state index contributed by atoms with van der Waals surface area (Å²) in [6.07, 6.45) is 0. The number of hydrogen-bond acceptors (Lipinski definition) is 3. The normalized spacial score (nSPS) is 13.0. The van der Waals surface area contributed by atoms with E-state index in [-0.39, 0.29) is 12.2 Å². The highest BCUT2D eigenvalue weighted by atomic mass is 35.5. The third kappa shape index (κ3) is 4.77. The Morgan fingerprint density at radius 3 is 2.46 bits per heavy atom. The van der Waals surface area contributed by atoms with Gasteiger partial charge in [-0.15, -0.1) is 0 Å². The molecule has 0 radical (unpaired) electrons. The number of hydrogen-bond donors (Lipinski definition) is 2. The van der Waals surface area contributed by atoms with Gasteiger partial charge in [0.25, 0.3) is 0 Å². The predicted octanol–water partition coefficient (Wildman–Crippen LogP) is 3.23.